The molecule has 2 amide bonds. The zero-order valence-electron chi connectivity index (χ0n) is 22.5. The Bertz CT molecular complexity index is 1300. The number of piperidine rings is 1. The summed E-state index contributed by atoms with van der Waals surface area (Å²) in [5, 5.41) is 13.2. The molecule has 0 bridgehead atoms. The summed E-state index contributed by atoms with van der Waals surface area (Å²) in [6.45, 7) is 3.49. The molecule has 2 aromatic carbocycles. The molecule has 0 saturated carbocycles. The molecular weight excluding hydrogens is 566 g/mol. The topological polar surface area (TPSA) is 72.9 Å². The minimum atomic E-state index is -5.04. The number of carboxylic acids is 1. The van der Waals surface area contributed by atoms with E-state index in [4.69, 9.17) is 0 Å². The van der Waals surface area contributed by atoms with E-state index in [1.165, 1.54) is 37.1 Å². The number of aliphatic carboxylic acids is 1. The molecule has 2 aliphatic rings. The summed E-state index contributed by atoms with van der Waals surface area (Å²) in [6, 6.07) is 2.64. The van der Waals surface area contributed by atoms with Crippen molar-refractivity contribution >= 4 is 30.9 Å². The van der Waals surface area contributed by atoms with Gasteiger partial charge in [0.15, 0.2) is 0 Å². The molecule has 42 heavy (non-hydrogen) atoms. The fourth-order valence-corrected chi connectivity index (χ4v) is 6.07. The number of carbonyl (C=O) groups is 2. The standard InChI is InChI=1S/C28H30F7N3O3.Li.H/c1-15-10-20(29)4-5-21(15)23-14-26(22(24(39)40)6-8-36-26)7-9-38(23)25(41)37(3)16(2)17-11-18(27(30,31)32)13-19(12-17)28(33,34)35;;/h4-5,10-13,16,22-23,36H,6-9,14H2,1-3H3,(H,39,40);;/t16-,22-,23-,26-;;/m1../s1. The zero-order chi connectivity index (χ0) is 30.5. The normalized spacial score (nSPS) is 23.4. The number of alkyl halides is 6. The van der Waals surface area contributed by atoms with Crippen molar-refractivity contribution < 1.29 is 45.4 Å². The molecule has 4 rings (SSSR count). The van der Waals surface area contributed by atoms with Gasteiger partial charge >= 0.3 is 43.2 Å². The van der Waals surface area contributed by atoms with Gasteiger partial charge in [0.1, 0.15) is 5.82 Å². The Kier molecular flexibility index (Phi) is 9.71. The number of hydrogen-bond acceptors (Lipinski definition) is 3. The van der Waals surface area contributed by atoms with Crippen LogP contribution in [0.4, 0.5) is 35.5 Å². The molecule has 14 heteroatoms. The molecule has 2 aliphatic heterocycles. The van der Waals surface area contributed by atoms with Crippen LogP contribution in [0.5, 0.6) is 0 Å². The van der Waals surface area contributed by atoms with Crippen LogP contribution in [0.15, 0.2) is 36.4 Å². The molecular formula is C28H31F7LiN3O3. The van der Waals surface area contributed by atoms with E-state index in [1.54, 1.807) is 6.92 Å². The van der Waals surface area contributed by atoms with Gasteiger partial charge in [0.05, 0.1) is 29.1 Å². The van der Waals surface area contributed by atoms with Crippen LogP contribution in [-0.4, -0.2) is 71.4 Å². The average Bonchev–Trinajstić information content (AvgIpc) is 3.29. The van der Waals surface area contributed by atoms with Crippen molar-refractivity contribution in [2.75, 3.05) is 20.1 Å². The summed E-state index contributed by atoms with van der Waals surface area (Å²) in [5.41, 5.74) is -3.09. The fraction of sp³-hybridized carbons (Fsp3) is 0.500. The molecule has 0 aliphatic carbocycles. The second kappa shape index (κ2) is 12.1. The van der Waals surface area contributed by atoms with Gasteiger partial charge in [-0.25, -0.2) is 9.18 Å². The van der Waals surface area contributed by atoms with Crippen molar-refractivity contribution in [1.29, 1.82) is 0 Å². The first-order valence-electron chi connectivity index (χ1n) is 13.0. The molecule has 2 heterocycles. The number of carboxylic acid groups (broad SMARTS) is 1. The van der Waals surface area contributed by atoms with Crippen LogP contribution >= 0.6 is 0 Å². The second-order valence-electron chi connectivity index (χ2n) is 10.8. The maximum absolute atomic E-state index is 13.9. The van der Waals surface area contributed by atoms with Gasteiger partial charge in [0.25, 0.3) is 0 Å². The molecule has 2 fully saturated rings. The maximum atomic E-state index is 13.9. The number of hydrogen-bond donors (Lipinski definition) is 2. The molecule has 0 unspecified atom stereocenters. The number of benzene rings is 2. The fourth-order valence-electron chi connectivity index (χ4n) is 6.07. The molecule has 4 atom stereocenters. The predicted octanol–water partition coefficient (Wildman–Crippen LogP) is 5.91. The van der Waals surface area contributed by atoms with E-state index in [9.17, 15) is 45.4 Å². The third-order valence-electron chi connectivity index (χ3n) is 8.42. The van der Waals surface area contributed by atoms with Gasteiger partial charge in [-0.15, -0.1) is 0 Å². The number of nitrogens with one attached hydrogen (secondary N) is 1. The number of urea groups is 1. The van der Waals surface area contributed by atoms with Crippen LogP contribution in [-0.2, 0) is 17.1 Å². The molecule has 2 saturated heterocycles. The van der Waals surface area contributed by atoms with Crippen LogP contribution in [0.3, 0.4) is 0 Å². The molecule has 1 spiro atoms. The predicted molar refractivity (Wildman–Crippen MR) is 141 cm³/mol. The van der Waals surface area contributed by atoms with Gasteiger partial charge in [0.2, 0.25) is 0 Å². The van der Waals surface area contributed by atoms with E-state index in [0.717, 1.165) is 4.90 Å². The Morgan fingerprint density at radius 3 is 2.19 bits per heavy atom. The third kappa shape index (κ3) is 6.58. The van der Waals surface area contributed by atoms with Gasteiger partial charge in [0, 0.05) is 19.1 Å². The Hall–Kier alpha value is -2.75. The van der Waals surface area contributed by atoms with Crippen molar-refractivity contribution in [1.82, 2.24) is 15.1 Å². The third-order valence-corrected chi connectivity index (χ3v) is 8.42. The molecule has 2 aromatic rings. The molecule has 0 aromatic heterocycles. The Balaban J connectivity index is 0.00000484. The summed E-state index contributed by atoms with van der Waals surface area (Å²) in [4.78, 5) is 28.4. The van der Waals surface area contributed by atoms with Gasteiger partial charge in [-0.1, -0.05) is 6.07 Å². The Morgan fingerprint density at radius 1 is 1.07 bits per heavy atom. The quantitative estimate of drug-likeness (QED) is 0.340. The van der Waals surface area contributed by atoms with Crippen molar-refractivity contribution in [3.63, 3.8) is 0 Å². The number of carbonyl (C=O) groups excluding carboxylic acids is 1. The van der Waals surface area contributed by atoms with Crippen LogP contribution in [0.2, 0.25) is 0 Å². The van der Waals surface area contributed by atoms with Crippen molar-refractivity contribution in [3.8, 4) is 0 Å². The Morgan fingerprint density at radius 2 is 1.67 bits per heavy atom. The average molecular weight is 598 g/mol. The van der Waals surface area contributed by atoms with Crippen molar-refractivity contribution in [2.24, 2.45) is 5.92 Å². The van der Waals surface area contributed by atoms with Gasteiger partial charge < -0.3 is 20.2 Å². The SMILES string of the molecule is Cc1cc(F)ccc1[C@H]1C[C@@]2(CCN1C(=O)N(C)[C@H](C)c1cc(C(F)(F)F)cc(C(F)(F)F)c1)NCC[C@@H]2C(=O)O.[LiH]. The van der Waals surface area contributed by atoms with Crippen LogP contribution in [0.1, 0.15) is 66.1 Å². The second-order valence-corrected chi connectivity index (χ2v) is 10.8. The van der Waals surface area contributed by atoms with E-state index in [1.807, 2.05) is 0 Å². The van der Waals surface area contributed by atoms with E-state index in [-0.39, 0.29) is 49.9 Å². The van der Waals surface area contributed by atoms with E-state index in [0.29, 0.717) is 36.2 Å². The van der Waals surface area contributed by atoms with Crippen LogP contribution in [0.25, 0.3) is 0 Å². The Labute approximate surface area is 250 Å². The van der Waals surface area contributed by atoms with Gasteiger partial charge in [-0.2, -0.15) is 26.3 Å². The summed E-state index contributed by atoms with van der Waals surface area (Å²) >= 11 is 0. The van der Waals surface area contributed by atoms with Crippen LogP contribution < -0.4 is 5.32 Å². The number of rotatable bonds is 4. The van der Waals surface area contributed by atoms with Crippen molar-refractivity contribution in [2.45, 2.75) is 63.1 Å². The first kappa shape index (κ1) is 33.7. The number of amides is 2. The number of nitrogens with zero attached hydrogens (tertiary/aromatic N) is 2. The molecule has 0 radical (unpaired) electrons. The van der Waals surface area contributed by atoms with E-state index in [2.05, 4.69) is 5.32 Å². The van der Waals surface area contributed by atoms with Gasteiger partial charge in [-0.3, -0.25) is 4.79 Å². The minimum absolute atomic E-state index is 0. The summed E-state index contributed by atoms with van der Waals surface area (Å²) < 4.78 is 94.7. The van der Waals surface area contributed by atoms with Gasteiger partial charge in [-0.05, 0) is 86.7 Å². The number of aryl methyl sites for hydroxylation is 1. The summed E-state index contributed by atoms with van der Waals surface area (Å²) in [5.74, 6) is -2.22. The van der Waals surface area contributed by atoms with E-state index < -0.39 is 64.8 Å². The summed E-state index contributed by atoms with van der Waals surface area (Å²) in [6.07, 6.45) is -9.27. The molecule has 2 N–H and O–H groups in total. The van der Waals surface area contributed by atoms with Crippen molar-refractivity contribution in [3.05, 3.63) is 70.0 Å². The first-order valence-corrected chi connectivity index (χ1v) is 13.0. The monoisotopic (exact) mass is 597 g/mol. The van der Waals surface area contributed by atoms with Crippen LogP contribution in [0, 0.1) is 18.7 Å². The first-order chi connectivity index (χ1) is 18.9. The zero-order valence-corrected chi connectivity index (χ0v) is 22.5. The number of halogens is 7. The summed E-state index contributed by atoms with van der Waals surface area (Å²) in [7, 11) is 1.29. The molecule has 6 nitrogen and oxygen atoms in total. The number of likely N-dealkylation sites (tertiary alicyclic amines) is 1. The molecule has 226 valence electrons. The van der Waals surface area contributed by atoms with E-state index >= 15 is 0 Å².